The third-order valence-corrected chi connectivity index (χ3v) is 4.15. The molecule has 0 spiro atoms. The summed E-state index contributed by atoms with van der Waals surface area (Å²) in [4.78, 5) is 23.9. The van der Waals surface area contributed by atoms with Gasteiger partial charge in [0, 0.05) is 23.6 Å². The fraction of sp³-hybridized carbons (Fsp3) is 0.150. The van der Waals surface area contributed by atoms with Crippen LogP contribution in [-0.2, 0) is 6.42 Å². The van der Waals surface area contributed by atoms with E-state index in [1.54, 1.807) is 37.4 Å². The van der Waals surface area contributed by atoms with Crippen molar-refractivity contribution < 1.29 is 9.53 Å². The van der Waals surface area contributed by atoms with Crippen LogP contribution >= 0.6 is 0 Å². The third-order valence-electron chi connectivity index (χ3n) is 4.15. The highest BCUT2D eigenvalue weighted by Gasteiger charge is 2.14. The molecular formula is C20H18N2O3. The van der Waals surface area contributed by atoms with Crippen molar-refractivity contribution in [3.8, 4) is 5.75 Å². The summed E-state index contributed by atoms with van der Waals surface area (Å²) in [5, 5.41) is 6.46. The Balaban J connectivity index is 1.90. The number of ketones is 1. The molecule has 1 heterocycles. The molecule has 0 amide bonds. The zero-order valence-corrected chi connectivity index (χ0v) is 14.1. The Labute approximate surface area is 145 Å². The number of methoxy groups -OCH3 is 1. The maximum absolute atomic E-state index is 12.8. The number of nitrogens with zero attached hydrogens (tertiary/aromatic N) is 1. The van der Waals surface area contributed by atoms with Crippen molar-refractivity contribution in [3.63, 3.8) is 0 Å². The third kappa shape index (κ3) is 3.66. The molecule has 0 unspecified atom stereocenters. The van der Waals surface area contributed by atoms with Crippen molar-refractivity contribution in [3.05, 3.63) is 92.9 Å². The topological polar surface area (TPSA) is 72.1 Å². The lowest BCUT2D eigenvalue weighted by atomic mass is 9.93. The summed E-state index contributed by atoms with van der Waals surface area (Å²) < 4.78 is 5.13. The number of H-pyrrole nitrogens is 1. The molecular weight excluding hydrogens is 316 g/mol. The summed E-state index contributed by atoms with van der Waals surface area (Å²) >= 11 is 0. The molecule has 0 aliphatic rings. The van der Waals surface area contributed by atoms with E-state index in [1.165, 1.54) is 6.07 Å². The monoisotopic (exact) mass is 334 g/mol. The van der Waals surface area contributed by atoms with Gasteiger partial charge in [-0.15, -0.1) is 0 Å². The standard InChI is InChI=1S/C20H18N2O3/c1-13-15(12-16-8-11-19(23)22-21-16)4-3-5-18(13)20(24)14-6-9-17(25-2)10-7-14/h3-11H,12H2,1-2H3,(H,22,23). The lowest BCUT2D eigenvalue weighted by Gasteiger charge is -2.11. The first-order valence-corrected chi connectivity index (χ1v) is 7.90. The van der Waals surface area contributed by atoms with Crippen molar-refractivity contribution >= 4 is 5.78 Å². The molecule has 5 nitrogen and oxygen atoms in total. The van der Waals surface area contributed by atoms with Crippen LogP contribution in [0.15, 0.2) is 59.4 Å². The van der Waals surface area contributed by atoms with E-state index in [9.17, 15) is 9.59 Å². The van der Waals surface area contributed by atoms with E-state index in [4.69, 9.17) is 4.74 Å². The van der Waals surface area contributed by atoms with Gasteiger partial charge in [-0.1, -0.05) is 18.2 Å². The zero-order chi connectivity index (χ0) is 17.8. The number of carbonyl (C=O) groups excluding carboxylic acids is 1. The molecule has 3 aromatic rings. The Morgan fingerprint density at radius 2 is 1.84 bits per heavy atom. The van der Waals surface area contributed by atoms with E-state index < -0.39 is 0 Å². The number of rotatable bonds is 5. The summed E-state index contributed by atoms with van der Waals surface area (Å²) in [6, 6.07) is 15.9. The van der Waals surface area contributed by atoms with Gasteiger partial charge in [0.25, 0.3) is 5.56 Å². The number of nitrogens with one attached hydrogen (secondary N) is 1. The highest BCUT2D eigenvalue weighted by molar-refractivity contribution is 6.10. The summed E-state index contributed by atoms with van der Waals surface area (Å²) in [7, 11) is 1.59. The number of aromatic nitrogens is 2. The predicted octanol–water partition coefficient (Wildman–Crippen LogP) is 2.91. The molecule has 0 aliphatic heterocycles. The minimum atomic E-state index is -0.232. The number of hydrogen-bond donors (Lipinski definition) is 1. The van der Waals surface area contributed by atoms with Gasteiger partial charge >= 0.3 is 0 Å². The zero-order valence-electron chi connectivity index (χ0n) is 14.1. The smallest absolute Gasteiger partial charge is 0.264 e. The molecule has 0 saturated carbocycles. The maximum atomic E-state index is 12.8. The van der Waals surface area contributed by atoms with Gasteiger partial charge in [0.05, 0.1) is 12.8 Å². The van der Waals surface area contributed by atoms with E-state index in [1.807, 2.05) is 25.1 Å². The highest BCUT2D eigenvalue weighted by atomic mass is 16.5. The maximum Gasteiger partial charge on any atom is 0.264 e. The highest BCUT2D eigenvalue weighted by Crippen LogP contribution is 2.21. The molecule has 5 heteroatoms. The summed E-state index contributed by atoms with van der Waals surface area (Å²) in [5.74, 6) is 0.683. The molecule has 25 heavy (non-hydrogen) atoms. The van der Waals surface area contributed by atoms with E-state index in [0.717, 1.165) is 16.8 Å². The van der Waals surface area contributed by atoms with Crippen molar-refractivity contribution in [2.24, 2.45) is 0 Å². The van der Waals surface area contributed by atoms with Crippen LogP contribution < -0.4 is 10.3 Å². The summed E-state index contributed by atoms with van der Waals surface area (Å²) in [6.45, 7) is 1.93. The number of aromatic amines is 1. The average molecular weight is 334 g/mol. The largest absolute Gasteiger partial charge is 0.497 e. The minimum Gasteiger partial charge on any atom is -0.497 e. The first-order chi connectivity index (χ1) is 12.1. The second-order valence-corrected chi connectivity index (χ2v) is 5.74. The van der Waals surface area contributed by atoms with Crippen molar-refractivity contribution in [1.82, 2.24) is 10.2 Å². The quantitative estimate of drug-likeness (QED) is 0.728. The lowest BCUT2D eigenvalue weighted by Crippen LogP contribution is -2.09. The average Bonchev–Trinajstić information content (AvgIpc) is 2.65. The van der Waals surface area contributed by atoms with Crippen molar-refractivity contribution in [2.75, 3.05) is 7.11 Å². The van der Waals surface area contributed by atoms with E-state index >= 15 is 0 Å². The molecule has 126 valence electrons. The molecule has 1 aromatic heterocycles. The molecule has 0 saturated heterocycles. The van der Waals surface area contributed by atoms with E-state index in [-0.39, 0.29) is 11.3 Å². The first-order valence-electron chi connectivity index (χ1n) is 7.90. The van der Waals surface area contributed by atoms with Crippen LogP contribution in [0, 0.1) is 6.92 Å². The van der Waals surface area contributed by atoms with Gasteiger partial charge in [0.2, 0.25) is 0 Å². The Hall–Kier alpha value is -3.21. The Morgan fingerprint density at radius 3 is 2.48 bits per heavy atom. The van der Waals surface area contributed by atoms with E-state index in [2.05, 4.69) is 10.2 Å². The van der Waals surface area contributed by atoms with Gasteiger partial charge in [0.15, 0.2) is 5.78 Å². The van der Waals surface area contributed by atoms with Gasteiger partial charge < -0.3 is 4.74 Å². The fourth-order valence-corrected chi connectivity index (χ4v) is 2.69. The SMILES string of the molecule is COc1ccc(C(=O)c2cccc(Cc3ccc(=O)[nH]n3)c2C)cc1. The fourth-order valence-electron chi connectivity index (χ4n) is 2.69. The van der Waals surface area contributed by atoms with Crippen LogP contribution in [0.2, 0.25) is 0 Å². The Morgan fingerprint density at radius 1 is 1.08 bits per heavy atom. The lowest BCUT2D eigenvalue weighted by molar-refractivity contribution is 0.103. The molecule has 1 N–H and O–H groups in total. The minimum absolute atomic E-state index is 0.0311. The van der Waals surface area contributed by atoms with Crippen molar-refractivity contribution in [1.29, 1.82) is 0 Å². The van der Waals surface area contributed by atoms with Crippen LogP contribution in [0.3, 0.4) is 0 Å². The van der Waals surface area contributed by atoms with Crippen LogP contribution in [0.1, 0.15) is 32.7 Å². The molecule has 0 radical (unpaired) electrons. The number of carbonyl (C=O) groups is 1. The summed E-state index contributed by atoms with van der Waals surface area (Å²) in [5.41, 5.74) is 3.70. The Bertz CT molecular complexity index is 939. The molecule has 0 aliphatic carbocycles. The van der Waals surface area contributed by atoms with Crippen LogP contribution in [0.5, 0.6) is 5.75 Å². The van der Waals surface area contributed by atoms with Gasteiger partial charge in [-0.25, -0.2) is 5.10 Å². The van der Waals surface area contributed by atoms with E-state index in [0.29, 0.717) is 23.3 Å². The van der Waals surface area contributed by atoms with Crippen LogP contribution in [-0.4, -0.2) is 23.1 Å². The second-order valence-electron chi connectivity index (χ2n) is 5.74. The normalized spacial score (nSPS) is 10.5. The predicted molar refractivity (Wildman–Crippen MR) is 95.3 cm³/mol. The molecule has 2 aromatic carbocycles. The summed E-state index contributed by atoms with van der Waals surface area (Å²) in [6.07, 6.45) is 0.548. The molecule has 0 atom stereocenters. The second kappa shape index (κ2) is 7.13. The van der Waals surface area contributed by atoms with Gasteiger partial charge in [-0.05, 0) is 48.4 Å². The number of ether oxygens (including phenoxy) is 1. The van der Waals surface area contributed by atoms with Gasteiger partial charge in [-0.3, -0.25) is 9.59 Å². The van der Waals surface area contributed by atoms with Crippen molar-refractivity contribution in [2.45, 2.75) is 13.3 Å². The number of benzene rings is 2. The van der Waals surface area contributed by atoms with Gasteiger partial charge in [0.1, 0.15) is 5.75 Å². The van der Waals surface area contributed by atoms with Gasteiger partial charge in [-0.2, -0.15) is 5.10 Å². The first kappa shape index (κ1) is 16.6. The van der Waals surface area contributed by atoms with Crippen LogP contribution in [0.25, 0.3) is 0 Å². The molecule has 0 bridgehead atoms. The van der Waals surface area contributed by atoms with Crippen LogP contribution in [0.4, 0.5) is 0 Å². The number of hydrogen-bond acceptors (Lipinski definition) is 4. The molecule has 3 rings (SSSR count). The molecule has 0 fully saturated rings. The Kier molecular flexibility index (Phi) is 4.75.